The maximum Gasteiger partial charge on any atom is 0.220 e. The summed E-state index contributed by atoms with van der Waals surface area (Å²) in [5, 5.41) is 2.96. The van der Waals surface area contributed by atoms with Crippen molar-refractivity contribution in [3.8, 4) is 0 Å². The van der Waals surface area contributed by atoms with E-state index in [0.29, 0.717) is 19.1 Å². The molecule has 1 aliphatic rings. The van der Waals surface area contributed by atoms with Gasteiger partial charge in [0.2, 0.25) is 5.91 Å². The average molecular weight is 319 g/mol. The third-order valence-corrected chi connectivity index (χ3v) is 4.04. The monoisotopic (exact) mass is 319 g/mol. The number of ether oxygens (including phenoxy) is 1. The van der Waals surface area contributed by atoms with E-state index < -0.39 is 0 Å². The second-order valence-electron chi connectivity index (χ2n) is 6.53. The lowest BCUT2D eigenvalue weighted by Gasteiger charge is -2.31. The van der Waals surface area contributed by atoms with Crippen LogP contribution in [0.4, 0.5) is 0 Å². The summed E-state index contributed by atoms with van der Waals surface area (Å²) in [5.74, 6) is 0.0645. The highest BCUT2D eigenvalue weighted by Crippen LogP contribution is 2.12. The fourth-order valence-corrected chi connectivity index (χ4v) is 2.78. The first-order chi connectivity index (χ1) is 11.0. The van der Waals surface area contributed by atoms with E-state index in [1.807, 2.05) is 6.92 Å². The fourth-order valence-electron chi connectivity index (χ4n) is 2.78. The third kappa shape index (κ3) is 6.69. The predicted octanol–water partition coefficient (Wildman–Crippen LogP) is 1.65. The number of nitrogens with one attached hydrogen (secondary N) is 1. The summed E-state index contributed by atoms with van der Waals surface area (Å²) in [6.07, 6.45) is 1.51. The van der Waals surface area contributed by atoms with Crippen LogP contribution in [0.25, 0.3) is 0 Å². The minimum atomic E-state index is 0.0645. The first-order valence-electron chi connectivity index (χ1n) is 8.47. The molecule has 2 atom stereocenters. The third-order valence-electron chi connectivity index (χ3n) is 4.04. The van der Waals surface area contributed by atoms with Crippen molar-refractivity contribution in [3.63, 3.8) is 0 Å². The van der Waals surface area contributed by atoms with Crippen LogP contribution in [0.1, 0.15) is 37.8 Å². The van der Waals surface area contributed by atoms with Crippen molar-refractivity contribution >= 4 is 5.91 Å². The van der Waals surface area contributed by atoms with Crippen LogP contribution >= 0.6 is 0 Å². The van der Waals surface area contributed by atoms with Crippen LogP contribution < -0.4 is 11.1 Å². The van der Waals surface area contributed by atoms with Gasteiger partial charge in [0, 0.05) is 38.6 Å². The molecule has 0 bridgehead atoms. The number of morpholine rings is 1. The lowest BCUT2D eigenvalue weighted by Crippen LogP contribution is -2.40. The Morgan fingerprint density at radius 3 is 3.00 bits per heavy atom. The van der Waals surface area contributed by atoms with Crippen molar-refractivity contribution in [2.45, 2.75) is 51.9 Å². The summed E-state index contributed by atoms with van der Waals surface area (Å²) in [5.41, 5.74) is 8.09. The van der Waals surface area contributed by atoms with Crippen molar-refractivity contribution in [1.82, 2.24) is 10.2 Å². The molecular weight excluding hydrogens is 290 g/mol. The molecule has 1 amide bonds. The Labute approximate surface area is 139 Å². The Morgan fingerprint density at radius 1 is 1.48 bits per heavy atom. The van der Waals surface area contributed by atoms with Gasteiger partial charge in [0.1, 0.15) is 0 Å². The van der Waals surface area contributed by atoms with Gasteiger partial charge in [-0.2, -0.15) is 0 Å². The fraction of sp³-hybridized carbons (Fsp3) is 0.611. The van der Waals surface area contributed by atoms with Crippen molar-refractivity contribution in [2.75, 3.05) is 19.7 Å². The molecule has 1 aliphatic heterocycles. The SMILES string of the molecule is CC(N)CCC(=O)NCc1cccc(CN2CCOC(C)C2)c1. The zero-order valence-corrected chi connectivity index (χ0v) is 14.3. The summed E-state index contributed by atoms with van der Waals surface area (Å²) in [6.45, 7) is 8.28. The molecular formula is C18H29N3O2. The van der Waals surface area contributed by atoms with Gasteiger partial charge in [-0.25, -0.2) is 0 Å². The topological polar surface area (TPSA) is 67.6 Å². The first kappa shape index (κ1) is 17.9. The van der Waals surface area contributed by atoms with Crippen LogP contribution in [0.5, 0.6) is 0 Å². The van der Waals surface area contributed by atoms with Gasteiger partial charge >= 0.3 is 0 Å². The predicted molar refractivity (Wildman–Crippen MR) is 91.9 cm³/mol. The van der Waals surface area contributed by atoms with Gasteiger partial charge in [-0.05, 0) is 31.4 Å². The highest BCUT2D eigenvalue weighted by Gasteiger charge is 2.16. The second kappa shape index (κ2) is 9.01. The highest BCUT2D eigenvalue weighted by molar-refractivity contribution is 5.75. The van der Waals surface area contributed by atoms with Crippen LogP contribution in [0.3, 0.4) is 0 Å². The summed E-state index contributed by atoms with van der Waals surface area (Å²) in [4.78, 5) is 14.2. The second-order valence-corrected chi connectivity index (χ2v) is 6.53. The Balaban J connectivity index is 1.81. The zero-order chi connectivity index (χ0) is 16.7. The number of carbonyl (C=O) groups is 1. The van der Waals surface area contributed by atoms with Crippen molar-refractivity contribution in [3.05, 3.63) is 35.4 Å². The molecule has 1 fully saturated rings. The molecule has 2 unspecified atom stereocenters. The van der Waals surface area contributed by atoms with E-state index in [-0.39, 0.29) is 11.9 Å². The van der Waals surface area contributed by atoms with Crippen LogP contribution in [0, 0.1) is 0 Å². The van der Waals surface area contributed by atoms with E-state index >= 15 is 0 Å². The highest BCUT2D eigenvalue weighted by atomic mass is 16.5. The molecule has 1 saturated heterocycles. The Morgan fingerprint density at radius 2 is 2.26 bits per heavy atom. The Kier molecular flexibility index (Phi) is 7.02. The van der Waals surface area contributed by atoms with Crippen molar-refractivity contribution in [2.24, 2.45) is 5.73 Å². The maximum absolute atomic E-state index is 11.8. The van der Waals surface area contributed by atoms with E-state index in [4.69, 9.17) is 10.5 Å². The number of hydrogen-bond donors (Lipinski definition) is 2. The number of rotatable bonds is 7. The van der Waals surface area contributed by atoms with Gasteiger partial charge in [-0.15, -0.1) is 0 Å². The van der Waals surface area contributed by atoms with E-state index in [9.17, 15) is 4.79 Å². The zero-order valence-electron chi connectivity index (χ0n) is 14.3. The number of nitrogens with zero attached hydrogens (tertiary/aromatic N) is 1. The maximum atomic E-state index is 11.8. The van der Waals surface area contributed by atoms with Gasteiger partial charge < -0.3 is 15.8 Å². The minimum absolute atomic E-state index is 0.0645. The molecule has 23 heavy (non-hydrogen) atoms. The number of hydrogen-bond acceptors (Lipinski definition) is 4. The summed E-state index contributed by atoms with van der Waals surface area (Å²) in [7, 11) is 0. The largest absolute Gasteiger partial charge is 0.376 e. The number of nitrogens with two attached hydrogens (primary N) is 1. The molecule has 1 heterocycles. The lowest BCUT2D eigenvalue weighted by atomic mass is 10.1. The van der Waals surface area contributed by atoms with E-state index in [2.05, 4.69) is 41.4 Å². The Hall–Kier alpha value is -1.43. The quantitative estimate of drug-likeness (QED) is 0.802. The molecule has 1 aromatic rings. The number of carbonyl (C=O) groups excluding carboxylic acids is 1. The molecule has 1 aromatic carbocycles. The van der Waals surface area contributed by atoms with Gasteiger partial charge in [0.15, 0.2) is 0 Å². The molecule has 0 aliphatic carbocycles. The van der Waals surface area contributed by atoms with Crippen molar-refractivity contribution < 1.29 is 9.53 Å². The molecule has 0 aromatic heterocycles. The van der Waals surface area contributed by atoms with Crippen molar-refractivity contribution in [1.29, 1.82) is 0 Å². The van der Waals surface area contributed by atoms with E-state index in [1.165, 1.54) is 5.56 Å². The smallest absolute Gasteiger partial charge is 0.220 e. The van der Waals surface area contributed by atoms with Gasteiger partial charge in [-0.3, -0.25) is 9.69 Å². The van der Waals surface area contributed by atoms with E-state index in [0.717, 1.165) is 38.2 Å². The molecule has 2 rings (SSSR count). The molecule has 0 radical (unpaired) electrons. The van der Waals surface area contributed by atoms with Crippen LogP contribution in [0.2, 0.25) is 0 Å². The summed E-state index contributed by atoms with van der Waals surface area (Å²) < 4.78 is 5.58. The van der Waals surface area contributed by atoms with Crippen LogP contribution in [-0.4, -0.2) is 42.6 Å². The molecule has 5 nitrogen and oxygen atoms in total. The lowest BCUT2D eigenvalue weighted by molar-refractivity contribution is -0.121. The number of benzene rings is 1. The summed E-state index contributed by atoms with van der Waals surface area (Å²) >= 11 is 0. The molecule has 0 spiro atoms. The van der Waals surface area contributed by atoms with E-state index in [1.54, 1.807) is 0 Å². The standard InChI is InChI=1S/C18H29N3O2/c1-14(19)6-7-18(22)20-11-16-4-3-5-17(10-16)13-21-8-9-23-15(2)12-21/h3-5,10,14-15H,6-9,11-13,19H2,1-2H3,(H,20,22). The first-order valence-corrected chi connectivity index (χ1v) is 8.47. The Bertz CT molecular complexity index is 505. The van der Waals surface area contributed by atoms with Gasteiger partial charge in [0.25, 0.3) is 0 Å². The van der Waals surface area contributed by atoms with Crippen LogP contribution in [0.15, 0.2) is 24.3 Å². The summed E-state index contributed by atoms with van der Waals surface area (Å²) in [6, 6.07) is 8.49. The average Bonchev–Trinajstić information content (AvgIpc) is 2.51. The molecule has 0 saturated carbocycles. The molecule has 3 N–H and O–H groups in total. The minimum Gasteiger partial charge on any atom is -0.376 e. The normalized spacial score (nSPS) is 20.2. The van der Waals surface area contributed by atoms with Crippen LogP contribution in [-0.2, 0) is 22.6 Å². The molecule has 5 heteroatoms. The van der Waals surface area contributed by atoms with Gasteiger partial charge in [-0.1, -0.05) is 24.3 Å². The molecule has 128 valence electrons. The number of amides is 1. The van der Waals surface area contributed by atoms with Gasteiger partial charge in [0.05, 0.1) is 12.7 Å².